The van der Waals surface area contributed by atoms with Gasteiger partial charge >= 0.3 is 0 Å². The fourth-order valence-corrected chi connectivity index (χ4v) is 6.97. The summed E-state index contributed by atoms with van der Waals surface area (Å²) in [4.78, 5) is 33.0. The van der Waals surface area contributed by atoms with E-state index >= 15 is 0 Å². The lowest BCUT2D eigenvalue weighted by molar-refractivity contribution is -0.384. The number of nitrogens with one attached hydrogen (secondary N) is 1. The molecule has 4 bridgehead atoms. The Kier molecular flexibility index (Phi) is 5.03. The molecule has 11 heteroatoms. The first-order chi connectivity index (χ1) is 16.8. The Hall–Kier alpha value is -3.53. The van der Waals surface area contributed by atoms with Gasteiger partial charge < -0.3 is 10.1 Å². The van der Waals surface area contributed by atoms with E-state index in [0.717, 1.165) is 32.1 Å². The number of carbonyl (C=O) groups excluding carboxylic acids is 1. The van der Waals surface area contributed by atoms with Crippen LogP contribution in [-0.2, 0) is 10.3 Å². The third kappa shape index (κ3) is 3.91. The Morgan fingerprint density at radius 3 is 2.66 bits per heavy atom. The highest BCUT2D eigenvalue weighted by Gasteiger charge is 2.61. The molecule has 10 nitrogen and oxygen atoms in total. The fourth-order valence-electron chi connectivity index (χ4n) is 6.85. The minimum Gasteiger partial charge on any atom is -0.455 e. The number of non-ortho nitro benzene ring substituents is 1. The second-order valence-corrected chi connectivity index (χ2v) is 10.5. The summed E-state index contributed by atoms with van der Waals surface area (Å²) in [7, 11) is 0. The molecule has 3 aromatic rings. The van der Waals surface area contributed by atoms with E-state index in [2.05, 4.69) is 20.4 Å². The Balaban J connectivity index is 1.30. The number of hydrogen-bond acceptors (Lipinski definition) is 7. The van der Waals surface area contributed by atoms with Crippen molar-refractivity contribution >= 4 is 28.9 Å². The maximum atomic E-state index is 13.8. The first-order valence-corrected chi connectivity index (χ1v) is 12.0. The number of benzene rings is 1. The van der Waals surface area contributed by atoms with Crippen LogP contribution in [-0.4, -0.2) is 30.6 Å². The van der Waals surface area contributed by atoms with E-state index in [4.69, 9.17) is 16.3 Å². The molecule has 2 atom stereocenters. The molecule has 4 saturated carbocycles. The number of amides is 1. The van der Waals surface area contributed by atoms with Crippen LogP contribution in [0.15, 0.2) is 49.1 Å². The molecule has 2 heterocycles. The number of anilines is 1. The molecular formula is C24H23ClN6O4. The van der Waals surface area contributed by atoms with Gasteiger partial charge in [-0.2, -0.15) is 0 Å². The lowest BCUT2D eigenvalue weighted by atomic mass is 9.46. The topological polar surface area (TPSA) is 125 Å². The van der Waals surface area contributed by atoms with Crippen molar-refractivity contribution in [2.75, 3.05) is 5.32 Å². The second kappa shape index (κ2) is 8.01. The highest BCUT2D eigenvalue weighted by molar-refractivity contribution is 6.28. The summed E-state index contributed by atoms with van der Waals surface area (Å²) in [6, 6.07) is 7.71. The molecular weight excluding hydrogens is 472 g/mol. The maximum absolute atomic E-state index is 13.8. The van der Waals surface area contributed by atoms with E-state index in [1.54, 1.807) is 30.7 Å². The molecule has 4 aliphatic rings. The summed E-state index contributed by atoms with van der Waals surface area (Å²) in [5.41, 5.74) is -0.686. The molecule has 1 aromatic carbocycles. The van der Waals surface area contributed by atoms with Crippen LogP contribution in [0.5, 0.6) is 11.5 Å². The number of nitro groups is 1. The Bertz CT molecular complexity index is 1300. The van der Waals surface area contributed by atoms with Crippen LogP contribution in [0.4, 0.5) is 11.4 Å². The van der Waals surface area contributed by atoms with Gasteiger partial charge in [0.2, 0.25) is 11.2 Å². The maximum Gasteiger partial charge on any atom is 0.275 e. The van der Waals surface area contributed by atoms with Gasteiger partial charge in [0.15, 0.2) is 0 Å². The van der Waals surface area contributed by atoms with Crippen molar-refractivity contribution in [1.82, 2.24) is 19.7 Å². The van der Waals surface area contributed by atoms with Crippen molar-refractivity contribution in [2.45, 2.75) is 44.1 Å². The number of nitrogens with zero attached hydrogens (tertiary/aromatic N) is 5. The van der Waals surface area contributed by atoms with Crippen LogP contribution in [0.3, 0.4) is 0 Å². The summed E-state index contributed by atoms with van der Waals surface area (Å²) >= 11 is 6.03. The molecule has 4 aliphatic carbocycles. The Morgan fingerprint density at radius 1 is 1.20 bits per heavy atom. The number of carbonyl (C=O) groups is 1. The fraction of sp³-hybridized carbons (Fsp3) is 0.417. The van der Waals surface area contributed by atoms with Crippen molar-refractivity contribution in [2.24, 2.45) is 17.3 Å². The van der Waals surface area contributed by atoms with E-state index < -0.39 is 10.3 Å². The zero-order valence-corrected chi connectivity index (χ0v) is 19.5. The van der Waals surface area contributed by atoms with Gasteiger partial charge in [-0.15, -0.1) is 5.10 Å². The largest absolute Gasteiger partial charge is 0.455 e. The highest BCUT2D eigenvalue weighted by atomic mass is 35.5. The van der Waals surface area contributed by atoms with E-state index in [1.165, 1.54) is 18.3 Å². The number of ether oxygens (including phenoxy) is 1. The van der Waals surface area contributed by atoms with Gasteiger partial charge in [-0.3, -0.25) is 19.9 Å². The summed E-state index contributed by atoms with van der Waals surface area (Å²) in [6.07, 6.45) is 10.1. The van der Waals surface area contributed by atoms with Crippen LogP contribution in [0.25, 0.3) is 0 Å². The molecule has 0 saturated heterocycles. The molecule has 1 amide bonds. The summed E-state index contributed by atoms with van der Waals surface area (Å²) in [5.74, 6) is 1.41. The van der Waals surface area contributed by atoms with Crippen LogP contribution >= 0.6 is 11.6 Å². The quantitative estimate of drug-likeness (QED) is 0.379. The molecule has 0 aliphatic heterocycles. The molecule has 0 radical (unpaired) electrons. The van der Waals surface area contributed by atoms with Crippen molar-refractivity contribution in [3.63, 3.8) is 0 Å². The first-order valence-electron chi connectivity index (χ1n) is 11.6. The summed E-state index contributed by atoms with van der Waals surface area (Å²) < 4.78 is 7.63. The molecule has 1 N–H and O–H groups in total. The molecule has 35 heavy (non-hydrogen) atoms. The normalized spacial score (nSPS) is 28.6. The first kappa shape index (κ1) is 22.0. The van der Waals surface area contributed by atoms with Gasteiger partial charge in [-0.05, 0) is 74.1 Å². The average molecular weight is 495 g/mol. The van der Waals surface area contributed by atoms with Crippen LogP contribution in [0.1, 0.15) is 38.5 Å². The van der Waals surface area contributed by atoms with Crippen LogP contribution in [0, 0.1) is 27.4 Å². The molecule has 180 valence electrons. The summed E-state index contributed by atoms with van der Waals surface area (Å²) in [5, 5.41) is 19.2. The Labute approximate surface area is 205 Å². The van der Waals surface area contributed by atoms with Gasteiger partial charge in [-0.1, -0.05) is 0 Å². The molecule has 4 fully saturated rings. The number of rotatable bonds is 6. The third-order valence-electron chi connectivity index (χ3n) is 7.69. The molecule has 7 rings (SSSR count). The second-order valence-electron chi connectivity index (χ2n) is 10.1. The SMILES string of the molecule is O=C(Nc1cc(Oc2cccnc2)cc([N+](=O)[O-])c1)C12CC3CC(C1)CC(n1cnc(Cl)n1)(C3)C2. The molecule has 0 spiro atoms. The van der Waals surface area contributed by atoms with Crippen LogP contribution in [0.2, 0.25) is 5.28 Å². The van der Waals surface area contributed by atoms with E-state index in [0.29, 0.717) is 29.7 Å². The number of hydrogen-bond donors (Lipinski definition) is 1. The van der Waals surface area contributed by atoms with Gasteiger partial charge in [0.1, 0.15) is 17.8 Å². The predicted octanol–water partition coefficient (Wildman–Crippen LogP) is 4.96. The van der Waals surface area contributed by atoms with E-state index in [1.807, 2.05) is 4.68 Å². The summed E-state index contributed by atoms with van der Waals surface area (Å²) in [6.45, 7) is 0. The van der Waals surface area contributed by atoms with Crippen molar-refractivity contribution in [1.29, 1.82) is 0 Å². The predicted molar refractivity (Wildman–Crippen MR) is 126 cm³/mol. The Morgan fingerprint density at radius 2 is 2.00 bits per heavy atom. The van der Waals surface area contributed by atoms with Gasteiger partial charge in [0.25, 0.3) is 5.69 Å². The van der Waals surface area contributed by atoms with Crippen molar-refractivity contribution < 1.29 is 14.5 Å². The number of nitro benzene ring substituents is 1. The number of halogens is 1. The molecule has 2 unspecified atom stereocenters. The lowest BCUT2D eigenvalue weighted by Gasteiger charge is -2.60. The van der Waals surface area contributed by atoms with Gasteiger partial charge in [0, 0.05) is 18.3 Å². The minimum atomic E-state index is -0.572. The lowest BCUT2D eigenvalue weighted by Crippen LogP contribution is -2.60. The number of pyridine rings is 1. The standard InChI is InChI=1S/C24H23ClN6O4/c25-22-27-14-30(29-22)24-10-15-4-16(11-24)9-23(8-15,13-24)21(32)28-17-5-18(31(33)34)7-20(6-17)35-19-2-1-3-26-12-19/h1-3,5-7,12,14-16H,4,8-11,13H2,(H,28,32). The highest BCUT2D eigenvalue weighted by Crippen LogP contribution is 2.64. The van der Waals surface area contributed by atoms with Gasteiger partial charge in [0.05, 0.1) is 33.8 Å². The minimum absolute atomic E-state index is 0.116. The van der Waals surface area contributed by atoms with Crippen molar-refractivity contribution in [3.05, 3.63) is 64.5 Å². The zero-order chi connectivity index (χ0) is 24.2. The zero-order valence-electron chi connectivity index (χ0n) is 18.8. The monoisotopic (exact) mass is 494 g/mol. The molecule has 2 aromatic heterocycles. The van der Waals surface area contributed by atoms with E-state index in [9.17, 15) is 14.9 Å². The van der Waals surface area contributed by atoms with Gasteiger partial charge in [-0.25, -0.2) is 9.67 Å². The smallest absolute Gasteiger partial charge is 0.275 e. The van der Waals surface area contributed by atoms with Crippen molar-refractivity contribution in [3.8, 4) is 11.5 Å². The average Bonchev–Trinajstić information content (AvgIpc) is 3.26. The van der Waals surface area contributed by atoms with Crippen LogP contribution < -0.4 is 10.1 Å². The third-order valence-corrected chi connectivity index (χ3v) is 7.87. The van der Waals surface area contributed by atoms with E-state index in [-0.39, 0.29) is 28.2 Å². The number of aromatic nitrogens is 4.